The van der Waals surface area contributed by atoms with Crippen molar-refractivity contribution in [2.24, 2.45) is 0 Å². The Morgan fingerprint density at radius 3 is 2.16 bits per heavy atom. The maximum atomic E-state index is 13.5. The summed E-state index contributed by atoms with van der Waals surface area (Å²) in [5, 5.41) is 3.23. The fraction of sp³-hybridized carbons (Fsp3) is 0.154. The van der Waals surface area contributed by atoms with Crippen LogP contribution in [-0.4, -0.2) is 18.4 Å². The van der Waals surface area contributed by atoms with Crippen molar-refractivity contribution in [3.05, 3.63) is 95.2 Å². The van der Waals surface area contributed by atoms with E-state index in [4.69, 9.17) is 4.74 Å². The topological polar surface area (TPSA) is 58.6 Å². The smallest absolute Gasteiger partial charge is 0.282 e. The highest BCUT2D eigenvalue weighted by Crippen LogP contribution is 2.34. The molecule has 0 unspecified atom stereocenters. The maximum Gasteiger partial charge on any atom is 0.282 e. The first-order valence-corrected chi connectivity index (χ1v) is 10.2. The SMILES string of the molecule is CCOc1ccc(C2=C(Nc3ccccc3C)C(=O)N(c3ccc(C)cc3)C2=O)cc1. The molecular formula is C26H24N2O3. The van der Waals surface area contributed by atoms with Crippen molar-refractivity contribution in [3.8, 4) is 5.75 Å². The predicted octanol–water partition coefficient (Wildman–Crippen LogP) is 5.10. The van der Waals surface area contributed by atoms with Crippen molar-refractivity contribution >= 4 is 28.8 Å². The Hall–Kier alpha value is -3.86. The molecule has 156 valence electrons. The molecule has 0 radical (unpaired) electrons. The largest absolute Gasteiger partial charge is 0.494 e. The van der Waals surface area contributed by atoms with Crippen molar-refractivity contribution in [1.82, 2.24) is 0 Å². The molecule has 0 spiro atoms. The summed E-state index contributed by atoms with van der Waals surface area (Å²) in [7, 11) is 0. The third-order valence-corrected chi connectivity index (χ3v) is 5.23. The Bertz CT molecular complexity index is 1160. The number of anilines is 2. The molecule has 1 aliphatic heterocycles. The van der Waals surface area contributed by atoms with Crippen molar-refractivity contribution in [2.75, 3.05) is 16.8 Å². The van der Waals surface area contributed by atoms with E-state index < -0.39 is 0 Å². The van der Waals surface area contributed by atoms with Crippen LogP contribution in [0.25, 0.3) is 5.57 Å². The zero-order chi connectivity index (χ0) is 22.0. The molecule has 0 saturated heterocycles. The van der Waals surface area contributed by atoms with Gasteiger partial charge in [-0.25, -0.2) is 4.90 Å². The molecule has 1 heterocycles. The summed E-state index contributed by atoms with van der Waals surface area (Å²) in [6.45, 7) is 6.39. The molecule has 1 aliphatic rings. The third kappa shape index (κ3) is 3.94. The zero-order valence-electron chi connectivity index (χ0n) is 17.8. The summed E-state index contributed by atoms with van der Waals surface area (Å²) in [4.78, 5) is 28.1. The number of hydrogen-bond acceptors (Lipinski definition) is 4. The van der Waals surface area contributed by atoms with Crippen LogP contribution >= 0.6 is 0 Å². The van der Waals surface area contributed by atoms with Crippen LogP contribution < -0.4 is 15.0 Å². The highest BCUT2D eigenvalue weighted by Gasteiger charge is 2.40. The molecule has 0 atom stereocenters. The Morgan fingerprint density at radius 2 is 1.52 bits per heavy atom. The number of para-hydroxylation sites is 1. The number of rotatable bonds is 6. The third-order valence-electron chi connectivity index (χ3n) is 5.23. The van der Waals surface area contributed by atoms with Crippen LogP contribution in [-0.2, 0) is 9.59 Å². The Morgan fingerprint density at radius 1 is 0.839 bits per heavy atom. The number of nitrogens with one attached hydrogen (secondary N) is 1. The highest BCUT2D eigenvalue weighted by atomic mass is 16.5. The van der Waals surface area contributed by atoms with Gasteiger partial charge in [0.1, 0.15) is 11.4 Å². The van der Waals surface area contributed by atoms with E-state index in [0.29, 0.717) is 29.2 Å². The molecule has 0 aromatic heterocycles. The second kappa shape index (κ2) is 8.48. The maximum absolute atomic E-state index is 13.5. The minimum Gasteiger partial charge on any atom is -0.494 e. The first-order valence-electron chi connectivity index (χ1n) is 10.2. The average Bonchev–Trinajstić information content (AvgIpc) is 3.01. The number of imide groups is 1. The molecule has 4 rings (SSSR count). The lowest BCUT2D eigenvalue weighted by Gasteiger charge is -2.16. The van der Waals surface area contributed by atoms with E-state index in [1.165, 1.54) is 4.90 Å². The molecule has 0 bridgehead atoms. The van der Waals surface area contributed by atoms with E-state index in [9.17, 15) is 9.59 Å². The Balaban J connectivity index is 1.80. The van der Waals surface area contributed by atoms with Crippen molar-refractivity contribution < 1.29 is 14.3 Å². The van der Waals surface area contributed by atoms with Crippen LogP contribution in [0.3, 0.4) is 0 Å². The Kier molecular flexibility index (Phi) is 5.58. The van der Waals surface area contributed by atoms with E-state index >= 15 is 0 Å². The summed E-state index contributed by atoms with van der Waals surface area (Å²) in [6, 6.07) is 22.3. The fourth-order valence-electron chi connectivity index (χ4n) is 3.57. The minimum atomic E-state index is -0.374. The van der Waals surface area contributed by atoms with Crippen LogP contribution in [0.4, 0.5) is 11.4 Å². The van der Waals surface area contributed by atoms with Gasteiger partial charge in [0.05, 0.1) is 17.9 Å². The molecule has 0 aliphatic carbocycles. The van der Waals surface area contributed by atoms with Crippen molar-refractivity contribution in [2.45, 2.75) is 20.8 Å². The summed E-state index contributed by atoms with van der Waals surface area (Å²) in [5.41, 5.74) is 4.64. The van der Waals surface area contributed by atoms with Gasteiger partial charge in [-0.15, -0.1) is 0 Å². The monoisotopic (exact) mass is 412 g/mol. The minimum absolute atomic E-state index is 0.268. The second-order valence-corrected chi connectivity index (χ2v) is 7.43. The first-order chi connectivity index (χ1) is 15.0. The lowest BCUT2D eigenvalue weighted by atomic mass is 10.0. The molecule has 0 saturated carbocycles. The van der Waals surface area contributed by atoms with E-state index in [1.807, 2.05) is 81.4 Å². The van der Waals surface area contributed by atoms with Gasteiger partial charge in [-0.2, -0.15) is 0 Å². The Labute approximate surface area is 182 Å². The van der Waals surface area contributed by atoms with Gasteiger partial charge < -0.3 is 10.1 Å². The lowest BCUT2D eigenvalue weighted by molar-refractivity contribution is -0.120. The molecule has 3 aromatic rings. The zero-order valence-corrected chi connectivity index (χ0v) is 17.8. The van der Waals surface area contributed by atoms with Gasteiger partial charge in [0, 0.05) is 5.69 Å². The quantitative estimate of drug-likeness (QED) is 0.573. The van der Waals surface area contributed by atoms with Gasteiger partial charge in [-0.3, -0.25) is 9.59 Å². The second-order valence-electron chi connectivity index (χ2n) is 7.43. The standard InChI is InChI=1S/C26H24N2O3/c1-4-31-21-15-11-19(12-16-21)23-24(27-22-8-6-5-7-18(22)3)26(30)28(25(23)29)20-13-9-17(2)10-14-20/h5-16,27H,4H2,1-3H3. The summed E-state index contributed by atoms with van der Waals surface area (Å²) < 4.78 is 5.52. The lowest BCUT2D eigenvalue weighted by Crippen LogP contribution is -2.32. The number of carbonyl (C=O) groups excluding carboxylic acids is 2. The number of hydrogen-bond donors (Lipinski definition) is 1. The summed E-state index contributed by atoms with van der Waals surface area (Å²) in [6.07, 6.45) is 0. The van der Waals surface area contributed by atoms with Crippen molar-refractivity contribution in [1.29, 1.82) is 0 Å². The predicted molar refractivity (Wildman–Crippen MR) is 123 cm³/mol. The molecule has 1 N–H and O–H groups in total. The van der Waals surface area contributed by atoms with E-state index in [1.54, 1.807) is 12.1 Å². The van der Waals surface area contributed by atoms with E-state index in [2.05, 4.69) is 5.32 Å². The van der Waals surface area contributed by atoms with Crippen LogP contribution in [0, 0.1) is 13.8 Å². The number of ether oxygens (including phenoxy) is 1. The van der Waals surface area contributed by atoms with E-state index in [-0.39, 0.29) is 17.5 Å². The fourth-order valence-corrected chi connectivity index (χ4v) is 3.57. The molecular weight excluding hydrogens is 388 g/mol. The van der Waals surface area contributed by atoms with Gasteiger partial charge in [-0.05, 0) is 62.2 Å². The first kappa shape index (κ1) is 20.4. The molecule has 31 heavy (non-hydrogen) atoms. The van der Waals surface area contributed by atoms with Gasteiger partial charge >= 0.3 is 0 Å². The molecule has 0 fully saturated rings. The van der Waals surface area contributed by atoms with E-state index in [0.717, 1.165) is 16.8 Å². The van der Waals surface area contributed by atoms with Gasteiger partial charge in [-0.1, -0.05) is 48.0 Å². The van der Waals surface area contributed by atoms with Crippen LogP contribution in [0.15, 0.2) is 78.5 Å². The summed E-state index contributed by atoms with van der Waals surface area (Å²) >= 11 is 0. The number of nitrogens with zero attached hydrogens (tertiary/aromatic N) is 1. The molecule has 5 heteroatoms. The van der Waals surface area contributed by atoms with Crippen LogP contribution in [0.5, 0.6) is 5.75 Å². The number of amides is 2. The molecule has 3 aromatic carbocycles. The normalized spacial score (nSPS) is 13.7. The van der Waals surface area contributed by atoms with Crippen LogP contribution in [0.2, 0.25) is 0 Å². The number of aryl methyl sites for hydroxylation is 2. The van der Waals surface area contributed by atoms with Crippen molar-refractivity contribution in [3.63, 3.8) is 0 Å². The summed E-state index contributed by atoms with van der Waals surface area (Å²) in [5.74, 6) is -0.0116. The van der Waals surface area contributed by atoms with Gasteiger partial charge in [0.25, 0.3) is 11.8 Å². The molecule has 5 nitrogen and oxygen atoms in total. The van der Waals surface area contributed by atoms with Gasteiger partial charge in [0.2, 0.25) is 0 Å². The van der Waals surface area contributed by atoms with Crippen LogP contribution in [0.1, 0.15) is 23.6 Å². The highest BCUT2D eigenvalue weighted by molar-refractivity contribution is 6.46. The number of carbonyl (C=O) groups is 2. The van der Waals surface area contributed by atoms with Gasteiger partial charge in [0.15, 0.2) is 0 Å². The number of benzene rings is 3. The molecule has 2 amide bonds. The average molecular weight is 412 g/mol.